The van der Waals surface area contributed by atoms with Gasteiger partial charge in [0.25, 0.3) is 0 Å². The van der Waals surface area contributed by atoms with E-state index >= 15 is 0 Å². The van der Waals surface area contributed by atoms with E-state index in [-0.39, 0.29) is 0 Å². The topological polar surface area (TPSA) is 135 Å². The molecule has 1 rings (SSSR count). The summed E-state index contributed by atoms with van der Waals surface area (Å²) in [4.78, 5) is 10.7. The summed E-state index contributed by atoms with van der Waals surface area (Å²) in [5.74, 6) is -2.54. The Morgan fingerprint density at radius 2 is 1.88 bits per heavy atom. The van der Waals surface area contributed by atoms with Crippen molar-refractivity contribution in [1.29, 1.82) is 0 Å². The van der Waals surface area contributed by atoms with Gasteiger partial charge in [0.2, 0.25) is 0 Å². The molecule has 92 valence electrons. The third kappa shape index (κ3) is 3.38. The molecule has 0 aliphatic rings. The van der Waals surface area contributed by atoms with Crippen LogP contribution in [-0.2, 0) is 19.5 Å². The minimum Gasteiger partial charge on any atom is -0.478 e. The largest absolute Gasteiger partial charge is 0.478 e. The predicted molar refractivity (Wildman–Crippen MR) is 53.5 cm³/mol. The van der Waals surface area contributed by atoms with Gasteiger partial charge in [0.05, 0.1) is 0 Å². The number of rotatable bonds is 4. The van der Waals surface area contributed by atoms with E-state index < -0.39 is 40.7 Å². The van der Waals surface area contributed by atoms with E-state index in [0.29, 0.717) is 0 Å². The van der Waals surface area contributed by atoms with Crippen LogP contribution >= 0.6 is 7.68 Å². The Bertz CT molecular complexity index is 621. The molecule has 0 aromatic heterocycles. The first-order valence-corrected chi connectivity index (χ1v) is 6.44. The van der Waals surface area contributed by atoms with Gasteiger partial charge in [-0.1, -0.05) is 6.07 Å². The second kappa shape index (κ2) is 4.66. The fourth-order valence-corrected chi connectivity index (χ4v) is 2.02. The van der Waals surface area contributed by atoms with Crippen LogP contribution in [0.25, 0.3) is 0 Å². The molecule has 0 saturated carbocycles. The van der Waals surface area contributed by atoms with Crippen molar-refractivity contribution in [1.82, 2.24) is 0 Å². The maximum atomic E-state index is 10.8. The van der Waals surface area contributed by atoms with Crippen molar-refractivity contribution >= 4 is 29.4 Å². The molecule has 17 heavy (non-hydrogen) atoms. The lowest BCUT2D eigenvalue weighted by atomic mass is 10.2. The van der Waals surface area contributed by atoms with Crippen LogP contribution in [0.1, 0.15) is 10.4 Å². The third-order valence-corrected chi connectivity index (χ3v) is 2.73. The molecule has 1 aromatic rings. The predicted octanol–water partition coefficient (Wildman–Crippen LogP) is 0.365. The average molecular weight is 280 g/mol. The van der Waals surface area contributed by atoms with Crippen molar-refractivity contribution in [3.05, 3.63) is 23.8 Å². The molecule has 0 aliphatic heterocycles. The fourth-order valence-electron chi connectivity index (χ4n) is 1.03. The van der Waals surface area contributed by atoms with Crippen molar-refractivity contribution in [2.45, 2.75) is 0 Å². The van der Waals surface area contributed by atoms with Crippen LogP contribution in [0.15, 0.2) is 18.2 Å². The fraction of sp³-hybridized carbons (Fsp3) is 0. The van der Waals surface area contributed by atoms with Crippen LogP contribution < -0.4 is 9.49 Å². The average Bonchev–Trinajstić information content (AvgIpc) is 2.14. The maximum Gasteiger partial charge on any atom is 0.446 e. The quantitative estimate of drug-likeness (QED) is 0.596. The minimum absolute atomic E-state index is 0.655. The van der Waals surface area contributed by atoms with Gasteiger partial charge >= 0.3 is 24.0 Å². The molecule has 10 heteroatoms. The Morgan fingerprint density at radius 3 is 2.29 bits per heavy atom. The second-order valence-corrected chi connectivity index (χ2v) is 4.75. The highest BCUT2D eigenvalue weighted by molar-refractivity contribution is 7.81. The number of benzene rings is 1. The van der Waals surface area contributed by atoms with Crippen LogP contribution in [-0.4, -0.2) is 24.0 Å². The molecule has 0 bridgehead atoms. The van der Waals surface area contributed by atoms with Gasteiger partial charge in [0.1, 0.15) is 10.9 Å². The molecule has 0 heterocycles. The molecule has 0 atom stereocenters. The number of carbonyl (C=O) groups is 1. The lowest BCUT2D eigenvalue weighted by molar-refractivity contribution is 0.0695. The summed E-state index contributed by atoms with van der Waals surface area (Å²) in [5.41, 5.74) is -0.695. The minimum atomic E-state index is -5.02. The van der Waals surface area contributed by atoms with E-state index in [1.165, 1.54) is 0 Å². The first-order chi connectivity index (χ1) is 7.72. The van der Waals surface area contributed by atoms with Gasteiger partial charge in [-0.15, -0.1) is 0 Å². The maximum absolute atomic E-state index is 10.8. The lowest BCUT2D eigenvalue weighted by Crippen LogP contribution is -2.15. The first kappa shape index (κ1) is 13.4. The summed E-state index contributed by atoms with van der Waals surface area (Å²) in [6.07, 6.45) is 0. The number of carboxylic acids is 1. The summed E-state index contributed by atoms with van der Waals surface area (Å²) < 4.78 is 54.9. The summed E-state index contributed by atoms with van der Waals surface area (Å²) >= 11 is 0. The highest BCUT2D eigenvalue weighted by atomic mass is 32.3. The molecular weight excluding hydrogens is 275 g/mol. The first-order valence-electron chi connectivity index (χ1n) is 3.90. The van der Waals surface area contributed by atoms with E-state index in [4.69, 9.17) is 9.66 Å². The molecule has 0 aliphatic carbocycles. The summed E-state index contributed by atoms with van der Waals surface area (Å²) in [5, 5.41) is 8.06. The Balaban J connectivity index is 3.55. The van der Waals surface area contributed by atoms with E-state index in [2.05, 4.69) is 4.18 Å². The standard InChI is InChI=1S/C7H5O8PS/c8-7(9)4-2-1-3-5(16(10)11)6(4)15-17(12,13)14/h1-3H,(H,8,9)(H,12,13,14). The molecule has 8 nitrogen and oxygen atoms in total. The number of hydrogen-bond donors (Lipinski definition) is 2. The van der Waals surface area contributed by atoms with E-state index in [1.807, 2.05) is 0 Å². The Morgan fingerprint density at radius 1 is 1.29 bits per heavy atom. The van der Waals surface area contributed by atoms with Crippen LogP contribution in [0.4, 0.5) is 0 Å². The van der Waals surface area contributed by atoms with Crippen molar-refractivity contribution in [3.8, 4) is 5.75 Å². The molecule has 1 aromatic carbocycles. The zero-order chi connectivity index (χ0) is 13.2. The van der Waals surface area contributed by atoms with Gasteiger partial charge in [-0.2, -0.15) is 8.42 Å². The SMILES string of the molecule is O=C(O)c1cccc(P(=O)=O)c1OS(=O)(=O)O. The van der Waals surface area contributed by atoms with Crippen LogP contribution in [0.2, 0.25) is 0 Å². The number of aromatic carboxylic acids is 1. The van der Waals surface area contributed by atoms with Crippen molar-refractivity contribution in [2.75, 3.05) is 0 Å². The van der Waals surface area contributed by atoms with E-state index in [1.54, 1.807) is 0 Å². The molecule has 0 unspecified atom stereocenters. The number of para-hydroxylation sites is 1. The van der Waals surface area contributed by atoms with Gasteiger partial charge in [0, 0.05) is 0 Å². The van der Waals surface area contributed by atoms with Gasteiger partial charge in [-0.05, 0) is 12.1 Å². The van der Waals surface area contributed by atoms with Crippen LogP contribution in [0.5, 0.6) is 5.75 Å². The van der Waals surface area contributed by atoms with Crippen molar-refractivity contribution < 1.29 is 36.2 Å². The molecule has 2 N–H and O–H groups in total. The van der Waals surface area contributed by atoms with Gasteiger partial charge < -0.3 is 9.29 Å². The second-order valence-electron chi connectivity index (χ2n) is 2.73. The zero-order valence-corrected chi connectivity index (χ0v) is 9.64. The molecular formula is C7H5O8PS. The van der Waals surface area contributed by atoms with Gasteiger partial charge in [-0.3, -0.25) is 4.55 Å². The monoisotopic (exact) mass is 280 g/mol. The molecule has 0 radical (unpaired) electrons. The molecule has 0 saturated heterocycles. The summed E-state index contributed by atoms with van der Waals surface area (Å²) in [6, 6.07) is 2.98. The van der Waals surface area contributed by atoms with Gasteiger partial charge in [0.15, 0.2) is 5.75 Å². The van der Waals surface area contributed by atoms with Crippen LogP contribution in [0.3, 0.4) is 0 Å². The molecule has 0 amide bonds. The summed E-state index contributed by atoms with van der Waals surface area (Å²) in [7, 11) is -8.29. The smallest absolute Gasteiger partial charge is 0.446 e. The van der Waals surface area contributed by atoms with Crippen LogP contribution in [0, 0.1) is 0 Å². The Hall–Kier alpha value is -1.70. The Labute approximate surface area is 95.6 Å². The highest BCUT2D eigenvalue weighted by Gasteiger charge is 2.22. The van der Waals surface area contributed by atoms with E-state index in [9.17, 15) is 22.3 Å². The molecule has 0 fully saturated rings. The van der Waals surface area contributed by atoms with E-state index in [0.717, 1.165) is 18.2 Å². The van der Waals surface area contributed by atoms with Crippen molar-refractivity contribution in [2.24, 2.45) is 0 Å². The Kier molecular flexibility index (Phi) is 3.66. The van der Waals surface area contributed by atoms with Gasteiger partial charge in [-0.25, -0.2) is 13.9 Å². The van der Waals surface area contributed by atoms with Crippen molar-refractivity contribution in [3.63, 3.8) is 0 Å². The zero-order valence-electron chi connectivity index (χ0n) is 7.93. The highest BCUT2D eigenvalue weighted by Crippen LogP contribution is 2.23. The number of carboxylic acid groups (broad SMARTS) is 1. The summed E-state index contributed by atoms with van der Waals surface area (Å²) in [6.45, 7) is 0. The molecule has 0 spiro atoms. The lowest BCUT2D eigenvalue weighted by Gasteiger charge is -2.06. The normalized spacial score (nSPS) is 10.9. The third-order valence-electron chi connectivity index (χ3n) is 1.61. The number of hydrogen-bond acceptors (Lipinski definition) is 6.